The third-order valence-corrected chi connectivity index (χ3v) is 20.2. The topological polar surface area (TPSA) is 0 Å². The van der Waals surface area contributed by atoms with Crippen molar-refractivity contribution in [3.63, 3.8) is 0 Å². The van der Waals surface area contributed by atoms with Crippen LogP contribution in [0.5, 0.6) is 0 Å². The van der Waals surface area contributed by atoms with Gasteiger partial charge in [-0.05, 0) is 159 Å². The molecule has 9 fully saturated rings. The Bertz CT molecular complexity index is 968. The summed E-state index contributed by atoms with van der Waals surface area (Å²) in [6.45, 7) is 0. The van der Waals surface area contributed by atoms with E-state index < -0.39 is 0 Å². The molecule has 9 saturated carbocycles. The second-order valence-electron chi connectivity index (χ2n) is 22.7. The molecule has 0 aromatic rings. The van der Waals surface area contributed by atoms with Crippen molar-refractivity contribution >= 4 is 0 Å². The van der Waals surface area contributed by atoms with Crippen LogP contribution in [0.3, 0.4) is 0 Å². The monoisotopic (exact) mass is 713 g/mol. The predicted molar refractivity (Wildman–Crippen MR) is 222 cm³/mol. The molecule has 0 aromatic heterocycles. The Morgan fingerprint density at radius 1 is 0.154 bits per heavy atom. The van der Waals surface area contributed by atoms with Crippen LogP contribution in [0.25, 0.3) is 0 Å². The van der Waals surface area contributed by atoms with Crippen LogP contribution in [0.4, 0.5) is 0 Å². The first-order valence-corrected chi connectivity index (χ1v) is 25.8. The second kappa shape index (κ2) is 18.1. The maximum atomic E-state index is 1.69. The summed E-state index contributed by atoms with van der Waals surface area (Å²) in [5.74, 6) is 17.7. The molecule has 52 heavy (non-hydrogen) atoms. The first-order chi connectivity index (χ1) is 25.8. The fourth-order valence-electron chi connectivity index (χ4n) is 18.2. The smallest absolute Gasteiger partial charge is 0.0323 e. The van der Waals surface area contributed by atoms with Gasteiger partial charge >= 0.3 is 0 Å². The van der Waals surface area contributed by atoms with E-state index >= 15 is 0 Å². The van der Waals surface area contributed by atoms with Crippen molar-refractivity contribution in [1.29, 1.82) is 0 Å². The van der Waals surface area contributed by atoms with E-state index in [2.05, 4.69) is 0 Å². The second-order valence-corrected chi connectivity index (χ2v) is 22.7. The zero-order valence-corrected chi connectivity index (χ0v) is 34.7. The van der Waals surface area contributed by atoms with Gasteiger partial charge in [0.15, 0.2) is 0 Å². The molecular weight excluding hydrogens is 625 g/mol. The minimum Gasteiger partial charge on any atom is -0.0533 e. The SMILES string of the molecule is C1CCC(C2CC(C3CCCCC3)CC(C3C4CCCCC4C(C4CC(C5CCCCCC5)CC(C5CCCCCC5)C4)[C@@H]4CCCCC34)C2)CC1. The first-order valence-electron chi connectivity index (χ1n) is 25.8. The lowest BCUT2D eigenvalue weighted by Gasteiger charge is -2.62. The van der Waals surface area contributed by atoms with Gasteiger partial charge in [-0.15, -0.1) is 0 Å². The molecule has 0 aromatic carbocycles. The lowest BCUT2D eigenvalue weighted by molar-refractivity contribution is -0.128. The van der Waals surface area contributed by atoms with Gasteiger partial charge in [-0.25, -0.2) is 0 Å². The van der Waals surface area contributed by atoms with Crippen LogP contribution in [0.15, 0.2) is 0 Å². The zero-order valence-electron chi connectivity index (χ0n) is 34.7. The fraction of sp³-hybridized carbons (Fsp3) is 1.00. The molecule has 0 heterocycles. The van der Waals surface area contributed by atoms with Crippen molar-refractivity contribution in [2.75, 3.05) is 0 Å². The molecule has 0 spiro atoms. The van der Waals surface area contributed by atoms with Gasteiger partial charge in [-0.1, -0.05) is 167 Å². The van der Waals surface area contributed by atoms with E-state index in [1.165, 1.54) is 0 Å². The molecule has 0 amide bonds. The van der Waals surface area contributed by atoms with Gasteiger partial charge in [-0.2, -0.15) is 0 Å². The van der Waals surface area contributed by atoms with Gasteiger partial charge in [0.1, 0.15) is 0 Å². The van der Waals surface area contributed by atoms with Crippen molar-refractivity contribution in [1.82, 2.24) is 0 Å². The molecule has 9 aliphatic carbocycles. The average Bonchev–Trinajstić information content (AvgIpc) is 3.67. The van der Waals surface area contributed by atoms with Crippen LogP contribution in [-0.4, -0.2) is 0 Å². The normalized spacial score (nSPS) is 45.7. The fourth-order valence-corrected chi connectivity index (χ4v) is 18.2. The van der Waals surface area contributed by atoms with E-state index in [1.807, 2.05) is 0 Å². The Kier molecular flexibility index (Phi) is 13.1. The maximum Gasteiger partial charge on any atom is -0.0323 e. The van der Waals surface area contributed by atoms with Gasteiger partial charge in [0, 0.05) is 0 Å². The minimum atomic E-state index is 1.09. The zero-order chi connectivity index (χ0) is 34.7. The van der Waals surface area contributed by atoms with Gasteiger partial charge in [0.05, 0.1) is 0 Å². The lowest BCUT2D eigenvalue weighted by atomic mass is 9.43. The van der Waals surface area contributed by atoms with E-state index in [9.17, 15) is 0 Å². The number of fused-ring (bicyclic) bond motifs is 2. The highest BCUT2D eigenvalue weighted by molar-refractivity contribution is 5.06. The Morgan fingerprint density at radius 2 is 0.346 bits per heavy atom. The molecule has 0 nitrogen and oxygen atoms in total. The van der Waals surface area contributed by atoms with Gasteiger partial charge in [0.25, 0.3) is 0 Å². The van der Waals surface area contributed by atoms with Crippen molar-refractivity contribution in [3.8, 4) is 0 Å². The Balaban J connectivity index is 1.01. The minimum absolute atomic E-state index is 1.09. The van der Waals surface area contributed by atoms with Crippen molar-refractivity contribution < 1.29 is 0 Å². The Hall–Kier alpha value is 0. The van der Waals surface area contributed by atoms with Crippen LogP contribution in [-0.2, 0) is 0 Å². The molecule has 0 bridgehead atoms. The molecule has 9 rings (SSSR count). The number of hydrogen-bond donors (Lipinski definition) is 0. The number of hydrogen-bond acceptors (Lipinski definition) is 0. The molecule has 0 saturated heterocycles. The van der Waals surface area contributed by atoms with Gasteiger partial charge in [0.2, 0.25) is 0 Å². The standard InChI is InChI=1S/C52H88/c1-2-8-20-37(19-7-1)41-31-42(38-21-9-3-4-10-22-38)34-45(33-41)51-47-27-15-17-29-49(47)52(50-30-18-16-28-48(50)51)46-35-43(39-23-11-5-12-24-39)32-44(36-46)40-25-13-6-14-26-40/h37-52H,1-36H2/t41?,42?,43?,44?,45?,46?,47-,48?,49?,50?,51?,52?/m1/s1. The third-order valence-electron chi connectivity index (χ3n) is 20.2. The summed E-state index contributed by atoms with van der Waals surface area (Å²) in [5, 5.41) is 0. The maximum absolute atomic E-state index is 1.69. The number of rotatable bonds is 6. The van der Waals surface area contributed by atoms with Crippen LogP contribution < -0.4 is 0 Å². The molecular formula is C52H88. The Labute approximate surface area is 324 Å². The average molecular weight is 713 g/mol. The Morgan fingerprint density at radius 3 is 0.596 bits per heavy atom. The van der Waals surface area contributed by atoms with E-state index in [-0.39, 0.29) is 0 Å². The van der Waals surface area contributed by atoms with Crippen LogP contribution in [0, 0.1) is 94.7 Å². The summed E-state index contributed by atoms with van der Waals surface area (Å²) in [6, 6.07) is 0. The first kappa shape index (κ1) is 37.6. The largest absolute Gasteiger partial charge is 0.0533 e. The molecule has 9 unspecified atom stereocenters. The molecule has 10 atom stereocenters. The van der Waals surface area contributed by atoms with Crippen LogP contribution in [0.2, 0.25) is 0 Å². The third kappa shape index (κ3) is 8.34. The molecule has 0 radical (unpaired) electrons. The summed E-state index contributed by atoms with van der Waals surface area (Å²) >= 11 is 0. The quantitative estimate of drug-likeness (QED) is 0.241. The summed E-state index contributed by atoms with van der Waals surface area (Å²) in [7, 11) is 0. The van der Waals surface area contributed by atoms with Crippen molar-refractivity contribution in [2.45, 2.75) is 231 Å². The summed E-state index contributed by atoms with van der Waals surface area (Å²) < 4.78 is 0. The van der Waals surface area contributed by atoms with Crippen LogP contribution >= 0.6 is 0 Å². The van der Waals surface area contributed by atoms with E-state index in [4.69, 9.17) is 0 Å². The lowest BCUT2D eigenvalue weighted by Crippen LogP contribution is -2.55. The molecule has 0 heteroatoms. The molecule has 0 aliphatic heterocycles. The molecule has 296 valence electrons. The highest BCUT2D eigenvalue weighted by Crippen LogP contribution is 2.64. The van der Waals surface area contributed by atoms with Crippen LogP contribution in [0.1, 0.15) is 231 Å². The summed E-state index contributed by atoms with van der Waals surface area (Å²) in [6.07, 6.45) is 57.6. The summed E-state index contributed by atoms with van der Waals surface area (Å²) in [4.78, 5) is 0. The van der Waals surface area contributed by atoms with Crippen molar-refractivity contribution in [3.05, 3.63) is 0 Å². The highest BCUT2D eigenvalue weighted by Gasteiger charge is 2.57. The predicted octanol–water partition coefficient (Wildman–Crippen LogP) is 16.0. The van der Waals surface area contributed by atoms with Gasteiger partial charge < -0.3 is 0 Å². The van der Waals surface area contributed by atoms with E-state index in [0.29, 0.717) is 0 Å². The molecule has 0 N–H and O–H groups in total. The molecule has 9 aliphatic rings. The van der Waals surface area contributed by atoms with E-state index in [0.717, 1.165) is 94.7 Å². The highest BCUT2D eigenvalue weighted by atomic mass is 14.6. The van der Waals surface area contributed by atoms with Crippen molar-refractivity contribution in [2.24, 2.45) is 94.7 Å². The van der Waals surface area contributed by atoms with Gasteiger partial charge in [-0.3, -0.25) is 0 Å². The summed E-state index contributed by atoms with van der Waals surface area (Å²) in [5.41, 5.74) is 0. The van der Waals surface area contributed by atoms with E-state index in [1.54, 1.807) is 231 Å².